The first-order valence-corrected chi connectivity index (χ1v) is 12.6. The van der Waals surface area contributed by atoms with Gasteiger partial charge in [-0.15, -0.1) is 11.6 Å². The molecule has 1 aromatic rings. The van der Waals surface area contributed by atoms with Crippen LogP contribution in [-0.2, 0) is 14.2 Å². The molecule has 0 aromatic heterocycles. The van der Waals surface area contributed by atoms with E-state index in [-0.39, 0.29) is 24.6 Å². The zero-order valence-corrected chi connectivity index (χ0v) is 21.2. The fourth-order valence-corrected chi connectivity index (χ4v) is 4.69. The van der Waals surface area contributed by atoms with E-state index in [0.29, 0.717) is 44.4 Å². The number of amides is 1. The molecule has 4 rings (SSSR count). The lowest BCUT2D eigenvalue weighted by Crippen LogP contribution is -2.44. The molecule has 7 nitrogen and oxygen atoms in total. The second-order valence-corrected chi connectivity index (χ2v) is 9.09. The molecule has 1 N–H and O–H groups in total. The molecule has 2 bridgehead atoms. The number of benzene rings is 1. The number of nitrogens with zero attached hydrogens (tertiary/aromatic N) is 1. The van der Waals surface area contributed by atoms with Gasteiger partial charge < -0.3 is 24.3 Å². The normalized spacial score (nSPS) is 19.1. The Labute approximate surface area is 215 Å². The predicted octanol–water partition coefficient (Wildman–Crippen LogP) is 5.04. The number of ether oxygens (including phenoxy) is 4. The van der Waals surface area contributed by atoms with Gasteiger partial charge in [-0.25, -0.2) is 4.79 Å². The van der Waals surface area contributed by atoms with E-state index >= 15 is 0 Å². The number of nitrogens with one attached hydrogen (secondary N) is 1. The van der Waals surface area contributed by atoms with Crippen molar-refractivity contribution in [3.05, 3.63) is 75.6 Å². The Morgan fingerprint density at radius 2 is 1.91 bits per heavy atom. The molecule has 9 heteroatoms. The Balaban J connectivity index is 1.57. The van der Waals surface area contributed by atoms with E-state index < -0.39 is 0 Å². The van der Waals surface area contributed by atoms with Gasteiger partial charge in [-0.1, -0.05) is 23.7 Å². The minimum Gasteiger partial charge on any atom is -0.491 e. The second kappa shape index (κ2) is 12.5. The van der Waals surface area contributed by atoms with E-state index in [1.165, 1.54) is 11.1 Å². The number of carbonyl (C=O) groups is 1. The molecule has 1 aliphatic carbocycles. The average molecular weight is 521 g/mol. The zero-order valence-electron chi connectivity index (χ0n) is 19.7. The van der Waals surface area contributed by atoms with Gasteiger partial charge in [0.25, 0.3) is 0 Å². The number of rotatable bonds is 10. The standard InChI is InChI=1S/C26H30Cl2N2O5/c1-32-12-13-33-14-15-34-22-6-2-18(3-7-22)25-24-23(8-10-30(25)26(31)35-11-9-27)19-16-20(28)4-5-21(17-19)29-24/h2-7,16,25,29H,8-15,17H2,1H3. The number of fused-ring (bicyclic) bond motifs is 3. The lowest BCUT2D eigenvalue weighted by atomic mass is 9.84. The van der Waals surface area contributed by atoms with Crippen molar-refractivity contribution >= 4 is 29.3 Å². The number of halogens is 2. The highest BCUT2D eigenvalue weighted by atomic mass is 35.5. The van der Waals surface area contributed by atoms with Crippen molar-refractivity contribution in [2.24, 2.45) is 0 Å². The number of carbonyl (C=O) groups excluding carboxylic acids is 1. The lowest BCUT2D eigenvalue weighted by molar-refractivity contribution is 0.0544. The summed E-state index contributed by atoms with van der Waals surface area (Å²) in [6.45, 7) is 2.71. The Bertz CT molecular complexity index is 1030. The monoisotopic (exact) mass is 520 g/mol. The number of methoxy groups -OCH3 is 1. The van der Waals surface area contributed by atoms with Gasteiger partial charge in [0.2, 0.25) is 0 Å². The molecular formula is C26H30Cl2N2O5. The third-order valence-corrected chi connectivity index (χ3v) is 6.38. The van der Waals surface area contributed by atoms with Gasteiger partial charge in [-0.3, -0.25) is 4.90 Å². The van der Waals surface area contributed by atoms with Crippen molar-refractivity contribution in [3.63, 3.8) is 0 Å². The molecule has 188 valence electrons. The molecule has 1 atom stereocenters. The van der Waals surface area contributed by atoms with E-state index in [9.17, 15) is 4.79 Å². The molecule has 35 heavy (non-hydrogen) atoms. The Morgan fingerprint density at radius 1 is 1.11 bits per heavy atom. The number of hydrogen-bond acceptors (Lipinski definition) is 6. The van der Waals surface area contributed by atoms with Crippen molar-refractivity contribution in [1.82, 2.24) is 10.2 Å². The van der Waals surface area contributed by atoms with Crippen molar-refractivity contribution in [3.8, 4) is 5.75 Å². The topological polar surface area (TPSA) is 69.3 Å². The van der Waals surface area contributed by atoms with Crippen molar-refractivity contribution in [1.29, 1.82) is 0 Å². The van der Waals surface area contributed by atoms with Gasteiger partial charge in [0, 0.05) is 36.5 Å². The van der Waals surface area contributed by atoms with Gasteiger partial charge in [-0.05, 0) is 53.5 Å². The molecule has 1 amide bonds. The van der Waals surface area contributed by atoms with E-state index in [4.69, 9.17) is 42.1 Å². The number of alkyl halides is 1. The van der Waals surface area contributed by atoms with Gasteiger partial charge >= 0.3 is 6.09 Å². The van der Waals surface area contributed by atoms with Crippen LogP contribution in [-0.4, -0.2) is 63.6 Å². The van der Waals surface area contributed by atoms with Crippen molar-refractivity contribution < 1.29 is 23.7 Å². The Hall–Kier alpha value is -2.45. The minimum atomic E-state index is -0.384. The largest absolute Gasteiger partial charge is 0.491 e. The first-order chi connectivity index (χ1) is 17.1. The van der Waals surface area contributed by atoms with Crippen LogP contribution in [0.3, 0.4) is 0 Å². The van der Waals surface area contributed by atoms with Crippen LogP contribution in [0.5, 0.6) is 5.75 Å². The fourth-order valence-electron chi connectivity index (χ4n) is 4.42. The summed E-state index contributed by atoms with van der Waals surface area (Å²) in [5.74, 6) is 0.985. The highest BCUT2D eigenvalue weighted by Gasteiger charge is 2.38. The van der Waals surface area contributed by atoms with Crippen LogP contribution < -0.4 is 10.1 Å². The highest BCUT2D eigenvalue weighted by Crippen LogP contribution is 2.43. The molecule has 0 spiro atoms. The zero-order chi connectivity index (χ0) is 24.6. The Kier molecular flexibility index (Phi) is 9.15. The SMILES string of the molecule is COCCOCCOc1ccc(C2C3=C(CCN2C(=O)OCCCl)C2=CC(Cl)=CC=C(C2)N3)cc1. The molecular weight excluding hydrogens is 491 g/mol. The van der Waals surface area contributed by atoms with Crippen LogP contribution in [0.15, 0.2) is 70.1 Å². The minimum absolute atomic E-state index is 0.165. The summed E-state index contributed by atoms with van der Waals surface area (Å²) < 4.78 is 21.6. The molecule has 0 radical (unpaired) electrons. The van der Waals surface area contributed by atoms with Crippen molar-refractivity contribution in [2.75, 3.05) is 52.6 Å². The van der Waals surface area contributed by atoms with Crippen molar-refractivity contribution in [2.45, 2.75) is 18.9 Å². The molecule has 2 aliphatic heterocycles. The molecule has 0 saturated heterocycles. The predicted molar refractivity (Wildman–Crippen MR) is 136 cm³/mol. The molecule has 2 heterocycles. The van der Waals surface area contributed by atoms with Crippen LogP contribution in [0, 0.1) is 0 Å². The molecule has 0 saturated carbocycles. The number of allylic oxidation sites excluding steroid dienone is 5. The smallest absolute Gasteiger partial charge is 0.410 e. The second-order valence-electron chi connectivity index (χ2n) is 8.28. The maximum absolute atomic E-state index is 13.0. The first kappa shape index (κ1) is 25.6. The molecule has 0 fully saturated rings. The third-order valence-electron chi connectivity index (χ3n) is 5.99. The van der Waals surface area contributed by atoms with Gasteiger partial charge in [0.15, 0.2) is 0 Å². The third kappa shape index (κ3) is 6.41. The van der Waals surface area contributed by atoms with E-state index in [1.807, 2.05) is 42.5 Å². The van der Waals surface area contributed by atoms with Crippen LogP contribution >= 0.6 is 23.2 Å². The van der Waals surface area contributed by atoms with E-state index in [0.717, 1.165) is 29.1 Å². The maximum Gasteiger partial charge on any atom is 0.410 e. The van der Waals surface area contributed by atoms with E-state index in [2.05, 4.69) is 5.32 Å². The summed E-state index contributed by atoms with van der Waals surface area (Å²) in [5.41, 5.74) is 5.34. The summed E-state index contributed by atoms with van der Waals surface area (Å²) in [7, 11) is 1.64. The first-order valence-electron chi connectivity index (χ1n) is 11.7. The fraction of sp³-hybridized carbons (Fsp3) is 0.423. The van der Waals surface area contributed by atoms with Crippen LogP contribution in [0.2, 0.25) is 0 Å². The summed E-state index contributed by atoms with van der Waals surface area (Å²) in [5, 5.41) is 4.27. The lowest BCUT2D eigenvalue weighted by Gasteiger charge is -2.41. The summed E-state index contributed by atoms with van der Waals surface area (Å²) in [4.78, 5) is 14.7. The molecule has 1 aromatic carbocycles. The average Bonchev–Trinajstić information content (AvgIpc) is 3.02. The molecule has 3 aliphatic rings. The highest BCUT2D eigenvalue weighted by molar-refractivity contribution is 6.31. The van der Waals surface area contributed by atoms with Crippen LogP contribution in [0.25, 0.3) is 0 Å². The molecule has 1 unspecified atom stereocenters. The Morgan fingerprint density at radius 3 is 2.69 bits per heavy atom. The van der Waals surface area contributed by atoms with Gasteiger partial charge in [-0.2, -0.15) is 0 Å². The maximum atomic E-state index is 13.0. The quantitative estimate of drug-likeness (QED) is 0.344. The van der Waals surface area contributed by atoms with Gasteiger partial charge in [0.1, 0.15) is 25.0 Å². The van der Waals surface area contributed by atoms with Crippen LogP contribution in [0.4, 0.5) is 4.79 Å². The van der Waals surface area contributed by atoms with E-state index in [1.54, 1.807) is 12.0 Å². The summed E-state index contributed by atoms with van der Waals surface area (Å²) in [6.07, 6.45) is 7.01. The van der Waals surface area contributed by atoms with Gasteiger partial charge in [0.05, 0.1) is 25.7 Å². The van der Waals surface area contributed by atoms with Crippen LogP contribution in [0.1, 0.15) is 24.4 Å². The summed E-state index contributed by atoms with van der Waals surface area (Å²) in [6, 6.07) is 7.45. The number of hydrogen-bond donors (Lipinski definition) is 1. The summed E-state index contributed by atoms with van der Waals surface area (Å²) >= 11 is 12.1.